The molecule has 1 aliphatic rings. The molecular weight excluding hydrogens is 232 g/mol. The van der Waals surface area contributed by atoms with Crippen molar-refractivity contribution in [3.8, 4) is 0 Å². The van der Waals surface area contributed by atoms with E-state index in [1.165, 1.54) is 18.4 Å². The van der Waals surface area contributed by atoms with Gasteiger partial charge in [-0.05, 0) is 49.5 Å². The van der Waals surface area contributed by atoms with E-state index in [0.717, 1.165) is 38.0 Å². The van der Waals surface area contributed by atoms with Crippen molar-refractivity contribution < 1.29 is 5.11 Å². The van der Waals surface area contributed by atoms with Crippen molar-refractivity contribution in [2.24, 2.45) is 5.92 Å². The Balaban J connectivity index is 1.81. The summed E-state index contributed by atoms with van der Waals surface area (Å²) in [6, 6.07) is 10.8. The Labute approximate surface area is 118 Å². The molecule has 0 aromatic heterocycles. The number of aliphatic hydroxyl groups is 1. The Kier molecular flexibility index (Phi) is 5.04. The third kappa shape index (κ3) is 4.35. The lowest BCUT2D eigenvalue weighted by Gasteiger charge is -2.36. The molecule has 1 N–H and O–H groups in total. The van der Waals surface area contributed by atoms with Gasteiger partial charge >= 0.3 is 0 Å². The van der Waals surface area contributed by atoms with Crippen LogP contribution in [0.3, 0.4) is 0 Å². The molecule has 0 amide bonds. The monoisotopic (exact) mass is 260 g/mol. The maximum Gasteiger partial charge on any atom is 0.0648 e. The fraction of sp³-hybridized carbons (Fsp3) is 0.667. The second kappa shape index (κ2) is 6.56. The summed E-state index contributed by atoms with van der Waals surface area (Å²) >= 11 is 0. The summed E-state index contributed by atoms with van der Waals surface area (Å²) in [5.41, 5.74) is 1.08. The Bertz CT molecular complexity index is 361. The van der Waals surface area contributed by atoms with E-state index in [1.54, 1.807) is 0 Å². The van der Waals surface area contributed by atoms with E-state index in [1.807, 2.05) is 0 Å². The van der Waals surface area contributed by atoms with Gasteiger partial charge in [-0.25, -0.2) is 0 Å². The molecule has 0 atom stereocenters. The maximum absolute atomic E-state index is 10.6. The number of hydrogen-bond acceptors (Lipinski definition) is 1. The summed E-state index contributed by atoms with van der Waals surface area (Å²) in [4.78, 5) is 0. The van der Waals surface area contributed by atoms with Crippen LogP contribution in [-0.2, 0) is 0 Å². The molecule has 0 heterocycles. The highest BCUT2D eigenvalue weighted by atomic mass is 16.3. The van der Waals surface area contributed by atoms with Crippen molar-refractivity contribution in [2.45, 2.75) is 70.3 Å². The Morgan fingerprint density at radius 2 is 1.79 bits per heavy atom. The fourth-order valence-corrected chi connectivity index (χ4v) is 3.30. The smallest absolute Gasteiger partial charge is 0.0648 e. The zero-order chi connectivity index (χ0) is 13.7. The first-order valence-corrected chi connectivity index (χ1v) is 7.86. The van der Waals surface area contributed by atoms with Crippen molar-refractivity contribution in [2.75, 3.05) is 0 Å². The van der Waals surface area contributed by atoms with Crippen LogP contribution in [0.25, 0.3) is 0 Å². The summed E-state index contributed by atoms with van der Waals surface area (Å²) in [6.45, 7) is 4.52. The Hall–Kier alpha value is -0.820. The molecule has 1 nitrogen and oxygen atoms in total. The molecule has 1 aromatic carbocycles. The standard InChI is InChI=1S/C18H28O/c1-15(2)7-6-12-18(19)13-10-17(11-14-18)16-8-4-3-5-9-16/h3-5,8-9,15,17,19H,6-7,10-14H2,1-2H3. The number of rotatable bonds is 5. The average Bonchev–Trinajstić information content (AvgIpc) is 2.40. The molecule has 1 saturated carbocycles. The summed E-state index contributed by atoms with van der Waals surface area (Å²) in [5, 5.41) is 10.6. The van der Waals surface area contributed by atoms with Gasteiger partial charge in [0.25, 0.3) is 0 Å². The van der Waals surface area contributed by atoms with Crippen LogP contribution in [0.15, 0.2) is 30.3 Å². The van der Waals surface area contributed by atoms with Crippen molar-refractivity contribution in [3.05, 3.63) is 35.9 Å². The molecule has 1 aliphatic carbocycles. The quantitative estimate of drug-likeness (QED) is 0.798. The van der Waals surface area contributed by atoms with Crippen molar-refractivity contribution in [1.29, 1.82) is 0 Å². The van der Waals surface area contributed by atoms with E-state index < -0.39 is 0 Å². The van der Waals surface area contributed by atoms with Gasteiger partial charge in [0.15, 0.2) is 0 Å². The SMILES string of the molecule is CC(C)CCCC1(O)CCC(c2ccccc2)CC1. The highest BCUT2D eigenvalue weighted by Crippen LogP contribution is 2.40. The molecule has 0 bridgehead atoms. The predicted octanol–water partition coefficient (Wildman–Crippen LogP) is 4.90. The average molecular weight is 260 g/mol. The topological polar surface area (TPSA) is 20.2 Å². The van der Waals surface area contributed by atoms with Gasteiger partial charge in [0, 0.05) is 0 Å². The molecule has 0 spiro atoms. The zero-order valence-corrected chi connectivity index (χ0v) is 12.4. The van der Waals surface area contributed by atoms with Gasteiger partial charge in [-0.3, -0.25) is 0 Å². The van der Waals surface area contributed by atoms with Crippen LogP contribution >= 0.6 is 0 Å². The molecule has 0 aliphatic heterocycles. The van der Waals surface area contributed by atoms with E-state index >= 15 is 0 Å². The Morgan fingerprint density at radius 1 is 1.16 bits per heavy atom. The van der Waals surface area contributed by atoms with Crippen LogP contribution in [0.1, 0.15) is 70.3 Å². The minimum absolute atomic E-state index is 0.375. The Morgan fingerprint density at radius 3 is 2.37 bits per heavy atom. The molecule has 0 saturated heterocycles. The van der Waals surface area contributed by atoms with Crippen molar-refractivity contribution >= 4 is 0 Å². The second-order valence-corrected chi connectivity index (χ2v) is 6.70. The van der Waals surface area contributed by atoms with Gasteiger partial charge in [0.1, 0.15) is 0 Å². The second-order valence-electron chi connectivity index (χ2n) is 6.70. The van der Waals surface area contributed by atoms with Gasteiger partial charge < -0.3 is 5.11 Å². The first-order valence-electron chi connectivity index (χ1n) is 7.86. The van der Waals surface area contributed by atoms with Crippen LogP contribution < -0.4 is 0 Å². The lowest BCUT2D eigenvalue weighted by Crippen LogP contribution is -2.33. The summed E-state index contributed by atoms with van der Waals surface area (Å²) in [5.74, 6) is 1.41. The normalized spacial score (nSPS) is 27.7. The molecule has 0 unspecified atom stereocenters. The molecule has 1 aromatic rings. The van der Waals surface area contributed by atoms with Crippen molar-refractivity contribution in [1.82, 2.24) is 0 Å². The van der Waals surface area contributed by atoms with E-state index in [0.29, 0.717) is 5.92 Å². The van der Waals surface area contributed by atoms with Crippen LogP contribution in [-0.4, -0.2) is 10.7 Å². The molecular formula is C18H28O. The van der Waals surface area contributed by atoms with Crippen LogP contribution in [0, 0.1) is 5.92 Å². The molecule has 2 rings (SSSR count). The van der Waals surface area contributed by atoms with E-state index in [9.17, 15) is 5.11 Å². The summed E-state index contributed by atoms with van der Waals surface area (Å²) in [6.07, 6.45) is 7.64. The summed E-state index contributed by atoms with van der Waals surface area (Å²) < 4.78 is 0. The van der Waals surface area contributed by atoms with Gasteiger partial charge in [0.2, 0.25) is 0 Å². The number of hydrogen-bond donors (Lipinski definition) is 1. The van der Waals surface area contributed by atoms with Crippen LogP contribution in [0.5, 0.6) is 0 Å². The highest BCUT2D eigenvalue weighted by Gasteiger charge is 2.32. The molecule has 106 valence electrons. The minimum Gasteiger partial charge on any atom is -0.390 e. The first kappa shape index (κ1) is 14.6. The van der Waals surface area contributed by atoms with E-state index in [-0.39, 0.29) is 5.60 Å². The van der Waals surface area contributed by atoms with Gasteiger partial charge in [-0.2, -0.15) is 0 Å². The maximum atomic E-state index is 10.6. The van der Waals surface area contributed by atoms with E-state index in [4.69, 9.17) is 0 Å². The van der Waals surface area contributed by atoms with E-state index in [2.05, 4.69) is 44.2 Å². The predicted molar refractivity (Wildman–Crippen MR) is 81.3 cm³/mol. The molecule has 1 heteroatoms. The van der Waals surface area contributed by atoms with Gasteiger partial charge in [-0.15, -0.1) is 0 Å². The third-order valence-corrected chi connectivity index (χ3v) is 4.61. The zero-order valence-electron chi connectivity index (χ0n) is 12.4. The third-order valence-electron chi connectivity index (χ3n) is 4.61. The van der Waals surface area contributed by atoms with Gasteiger partial charge in [0.05, 0.1) is 5.60 Å². The fourth-order valence-electron chi connectivity index (χ4n) is 3.30. The molecule has 19 heavy (non-hydrogen) atoms. The minimum atomic E-state index is -0.375. The summed E-state index contributed by atoms with van der Waals surface area (Å²) in [7, 11) is 0. The van der Waals surface area contributed by atoms with Crippen molar-refractivity contribution in [3.63, 3.8) is 0 Å². The molecule has 1 fully saturated rings. The van der Waals surface area contributed by atoms with Gasteiger partial charge in [-0.1, -0.05) is 57.0 Å². The van der Waals surface area contributed by atoms with Crippen LogP contribution in [0.4, 0.5) is 0 Å². The highest BCUT2D eigenvalue weighted by molar-refractivity contribution is 5.20. The lowest BCUT2D eigenvalue weighted by molar-refractivity contribution is -0.0110. The lowest BCUT2D eigenvalue weighted by atomic mass is 9.74. The largest absolute Gasteiger partial charge is 0.390 e. The number of benzene rings is 1. The van der Waals surface area contributed by atoms with Crippen LogP contribution in [0.2, 0.25) is 0 Å². The molecule has 0 radical (unpaired) electrons. The first-order chi connectivity index (χ1) is 9.09.